The molecule has 1 aromatic rings. The van der Waals surface area contributed by atoms with Crippen molar-refractivity contribution >= 4 is 21.8 Å². The molecule has 0 bridgehead atoms. The molecule has 1 saturated heterocycles. The summed E-state index contributed by atoms with van der Waals surface area (Å²) in [7, 11) is 0. The Morgan fingerprint density at radius 1 is 1.67 bits per heavy atom. The van der Waals surface area contributed by atoms with Crippen molar-refractivity contribution in [3.05, 3.63) is 22.4 Å². The van der Waals surface area contributed by atoms with Crippen molar-refractivity contribution in [2.75, 3.05) is 19.6 Å². The summed E-state index contributed by atoms with van der Waals surface area (Å²) in [6.07, 6.45) is 4.14. The summed E-state index contributed by atoms with van der Waals surface area (Å²) in [5.74, 6) is 0.605. The lowest BCUT2D eigenvalue weighted by atomic mass is 10.1. The molecule has 1 aliphatic heterocycles. The minimum absolute atomic E-state index is 0.0288. The van der Waals surface area contributed by atoms with E-state index in [4.69, 9.17) is 0 Å². The number of carbonyl (C=O) groups excluding carboxylic acids is 1. The molecule has 100 valence electrons. The molecule has 1 aromatic heterocycles. The van der Waals surface area contributed by atoms with Crippen LogP contribution in [0.2, 0.25) is 0 Å². The zero-order chi connectivity index (χ0) is 13.0. The normalized spacial score (nSPS) is 19.1. The molecule has 1 amide bonds. The third-order valence-corrected chi connectivity index (χ3v) is 3.71. The Bertz CT molecular complexity index is 410. The first-order chi connectivity index (χ1) is 8.70. The van der Waals surface area contributed by atoms with Crippen molar-refractivity contribution in [3.8, 4) is 0 Å². The van der Waals surface area contributed by atoms with E-state index in [1.54, 1.807) is 0 Å². The predicted molar refractivity (Wildman–Crippen MR) is 75.7 cm³/mol. The molecule has 0 aromatic carbocycles. The van der Waals surface area contributed by atoms with E-state index in [1.807, 2.05) is 16.8 Å². The Kier molecular flexibility index (Phi) is 4.83. The van der Waals surface area contributed by atoms with Crippen LogP contribution in [0.25, 0.3) is 0 Å². The van der Waals surface area contributed by atoms with E-state index >= 15 is 0 Å². The number of nitrogens with one attached hydrogen (secondary N) is 2. The zero-order valence-corrected chi connectivity index (χ0v) is 12.3. The van der Waals surface area contributed by atoms with Crippen LogP contribution in [-0.2, 0) is 6.54 Å². The number of aromatic nitrogens is 1. The molecule has 4 nitrogen and oxygen atoms in total. The standard InChI is InChI=1S/C13H20BrN3O/c1-2-5-17-9-11(14)6-12(17)13(18)16-8-10-3-4-15-7-10/h6,9-10,15H,2-5,7-8H2,1H3,(H,16,18). The molecule has 2 rings (SSSR count). The number of nitrogens with zero attached hydrogens (tertiary/aromatic N) is 1. The van der Waals surface area contributed by atoms with Gasteiger partial charge in [-0.25, -0.2) is 0 Å². The van der Waals surface area contributed by atoms with Gasteiger partial charge in [0.05, 0.1) is 0 Å². The molecule has 1 fully saturated rings. The van der Waals surface area contributed by atoms with E-state index in [9.17, 15) is 4.79 Å². The lowest BCUT2D eigenvalue weighted by molar-refractivity contribution is 0.0939. The molecule has 0 spiro atoms. The van der Waals surface area contributed by atoms with Crippen LogP contribution >= 0.6 is 15.9 Å². The number of carbonyl (C=O) groups is 1. The average molecular weight is 314 g/mol. The molecular formula is C13H20BrN3O. The van der Waals surface area contributed by atoms with Gasteiger partial charge in [-0.2, -0.15) is 0 Å². The summed E-state index contributed by atoms with van der Waals surface area (Å²) in [5, 5.41) is 6.34. The maximum Gasteiger partial charge on any atom is 0.267 e. The van der Waals surface area contributed by atoms with Gasteiger partial charge >= 0.3 is 0 Å². The number of hydrogen-bond acceptors (Lipinski definition) is 2. The Labute approximate surface area is 116 Å². The van der Waals surface area contributed by atoms with Crippen LogP contribution in [0.1, 0.15) is 30.3 Å². The van der Waals surface area contributed by atoms with Crippen molar-refractivity contribution in [2.24, 2.45) is 5.92 Å². The maximum atomic E-state index is 12.1. The highest BCUT2D eigenvalue weighted by Crippen LogP contribution is 2.16. The smallest absolute Gasteiger partial charge is 0.267 e. The molecule has 0 aliphatic carbocycles. The molecule has 0 saturated carbocycles. The van der Waals surface area contributed by atoms with Crippen LogP contribution < -0.4 is 10.6 Å². The Hall–Kier alpha value is -0.810. The quantitative estimate of drug-likeness (QED) is 0.873. The molecule has 1 aliphatic rings. The zero-order valence-electron chi connectivity index (χ0n) is 10.7. The number of aryl methyl sites for hydroxylation is 1. The predicted octanol–water partition coefficient (Wildman–Crippen LogP) is 2.00. The topological polar surface area (TPSA) is 46.1 Å². The van der Waals surface area contributed by atoms with Crippen LogP contribution in [0.5, 0.6) is 0 Å². The monoisotopic (exact) mass is 313 g/mol. The van der Waals surface area contributed by atoms with Crippen LogP contribution in [0.15, 0.2) is 16.7 Å². The van der Waals surface area contributed by atoms with Gasteiger partial charge < -0.3 is 15.2 Å². The molecule has 1 unspecified atom stereocenters. The van der Waals surface area contributed by atoms with Crippen LogP contribution in [0, 0.1) is 5.92 Å². The van der Waals surface area contributed by atoms with E-state index in [0.717, 1.165) is 49.2 Å². The summed E-state index contributed by atoms with van der Waals surface area (Å²) in [6, 6.07) is 1.89. The van der Waals surface area contributed by atoms with Crippen LogP contribution in [0.3, 0.4) is 0 Å². The van der Waals surface area contributed by atoms with Crippen molar-refractivity contribution in [2.45, 2.75) is 26.3 Å². The second-order valence-electron chi connectivity index (χ2n) is 4.81. The fourth-order valence-corrected chi connectivity index (χ4v) is 2.77. The SMILES string of the molecule is CCCn1cc(Br)cc1C(=O)NCC1CCNC1. The summed E-state index contributed by atoms with van der Waals surface area (Å²) in [4.78, 5) is 12.1. The van der Waals surface area contributed by atoms with Gasteiger partial charge in [0.15, 0.2) is 0 Å². The molecule has 5 heteroatoms. The lowest BCUT2D eigenvalue weighted by Crippen LogP contribution is -2.31. The summed E-state index contributed by atoms with van der Waals surface area (Å²) < 4.78 is 2.97. The van der Waals surface area contributed by atoms with Crippen LogP contribution in [0.4, 0.5) is 0 Å². The van der Waals surface area contributed by atoms with Crippen molar-refractivity contribution in [1.82, 2.24) is 15.2 Å². The van der Waals surface area contributed by atoms with Gasteiger partial charge in [-0.1, -0.05) is 6.92 Å². The largest absolute Gasteiger partial charge is 0.350 e. The maximum absolute atomic E-state index is 12.1. The van der Waals surface area contributed by atoms with Gasteiger partial charge in [-0.15, -0.1) is 0 Å². The second-order valence-corrected chi connectivity index (χ2v) is 5.72. The minimum Gasteiger partial charge on any atom is -0.350 e. The first-order valence-electron chi connectivity index (χ1n) is 6.55. The highest BCUT2D eigenvalue weighted by atomic mass is 79.9. The fraction of sp³-hybridized carbons (Fsp3) is 0.615. The first kappa shape index (κ1) is 13.6. The third-order valence-electron chi connectivity index (χ3n) is 3.27. The lowest BCUT2D eigenvalue weighted by Gasteiger charge is -2.11. The Morgan fingerprint density at radius 3 is 3.17 bits per heavy atom. The van der Waals surface area contributed by atoms with Gasteiger partial charge in [0.25, 0.3) is 5.91 Å². The van der Waals surface area contributed by atoms with E-state index in [1.165, 1.54) is 0 Å². The fourth-order valence-electron chi connectivity index (χ4n) is 2.31. The van der Waals surface area contributed by atoms with Gasteiger partial charge in [0.1, 0.15) is 5.69 Å². The van der Waals surface area contributed by atoms with E-state index in [2.05, 4.69) is 33.5 Å². The molecule has 2 N–H and O–H groups in total. The summed E-state index contributed by atoms with van der Waals surface area (Å²) >= 11 is 3.43. The molecular weight excluding hydrogens is 294 g/mol. The van der Waals surface area contributed by atoms with Gasteiger partial charge in [0, 0.05) is 23.8 Å². The third kappa shape index (κ3) is 3.36. The van der Waals surface area contributed by atoms with Gasteiger partial charge in [-0.05, 0) is 53.8 Å². The van der Waals surface area contributed by atoms with Gasteiger partial charge in [-0.3, -0.25) is 4.79 Å². The molecule has 0 radical (unpaired) electrons. The number of rotatable bonds is 5. The van der Waals surface area contributed by atoms with Crippen molar-refractivity contribution < 1.29 is 4.79 Å². The minimum atomic E-state index is 0.0288. The van der Waals surface area contributed by atoms with E-state index in [-0.39, 0.29) is 5.91 Å². The number of amides is 1. The van der Waals surface area contributed by atoms with Crippen LogP contribution in [-0.4, -0.2) is 30.1 Å². The molecule has 18 heavy (non-hydrogen) atoms. The van der Waals surface area contributed by atoms with E-state index < -0.39 is 0 Å². The number of hydrogen-bond donors (Lipinski definition) is 2. The average Bonchev–Trinajstić information content (AvgIpc) is 2.96. The van der Waals surface area contributed by atoms with Crippen molar-refractivity contribution in [1.29, 1.82) is 0 Å². The molecule has 1 atom stereocenters. The number of halogens is 1. The van der Waals surface area contributed by atoms with Crippen molar-refractivity contribution in [3.63, 3.8) is 0 Å². The Balaban J connectivity index is 1.94. The molecule has 2 heterocycles. The van der Waals surface area contributed by atoms with E-state index in [0.29, 0.717) is 5.92 Å². The second kappa shape index (κ2) is 6.38. The first-order valence-corrected chi connectivity index (χ1v) is 7.34. The Morgan fingerprint density at radius 2 is 2.50 bits per heavy atom. The highest BCUT2D eigenvalue weighted by Gasteiger charge is 2.17. The van der Waals surface area contributed by atoms with Gasteiger partial charge in [0.2, 0.25) is 0 Å². The highest BCUT2D eigenvalue weighted by molar-refractivity contribution is 9.10. The summed E-state index contributed by atoms with van der Waals surface area (Å²) in [6.45, 7) is 5.83. The summed E-state index contributed by atoms with van der Waals surface area (Å²) in [5.41, 5.74) is 0.745.